The summed E-state index contributed by atoms with van der Waals surface area (Å²) in [6, 6.07) is 7.22. The first-order chi connectivity index (χ1) is 15.9. The Kier molecular flexibility index (Phi) is 6.69. The van der Waals surface area contributed by atoms with Crippen LogP contribution in [0.2, 0.25) is 5.02 Å². The van der Waals surface area contributed by atoms with Crippen molar-refractivity contribution in [3.63, 3.8) is 0 Å². The maximum Gasteiger partial charge on any atom is 0.293 e. The van der Waals surface area contributed by atoms with Crippen LogP contribution in [0.4, 0.5) is 17.5 Å². The van der Waals surface area contributed by atoms with Crippen LogP contribution in [-0.4, -0.2) is 46.7 Å². The van der Waals surface area contributed by atoms with Gasteiger partial charge in [0.15, 0.2) is 17.7 Å². The lowest BCUT2D eigenvalue weighted by molar-refractivity contribution is -0.126. The number of pyridine rings is 1. The standard InChI is InChI=1S/C23H27ClN6O3/c1-14(21(31)25-2)33-19-12-15-11-16(7-8-18(15)29(3)22(19)32)27-20-17(24)13-26-23(28-20)30-9-5-4-6-10-30/h7-8,11-14H,4-6,9-10H2,1-3H3,(H,25,31)(H,26,27,28)/t14-/m0/s1. The first kappa shape index (κ1) is 22.8. The van der Waals surface area contributed by atoms with E-state index in [1.54, 1.807) is 26.2 Å². The first-order valence-corrected chi connectivity index (χ1v) is 11.3. The molecule has 1 fully saturated rings. The van der Waals surface area contributed by atoms with Crippen LogP contribution in [0.1, 0.15) is 26.2 Å². The third kappa shape index (κ3) is 4.88. The van der Waals surface area contributed by atoms with Gasteiger partial charge >= 0.3 is 0 Å². The molecule has 3 aromatic rings. The Balaban J connectivity index is 1.64. The summed E-state index contributed by atoms with van der Waals surface area (Å²) >= 11 is 6.37. The monoisotopic (exact) mass is 470 g/mol. The van der Waals surface area contributed by atoms with E-state index in [9.17, 15) is 9.59 Å². The fourth-order valence-electron chi connectivity index (χ4n) is 3.89. The minimum Gasteiger partial charge on any atom is -0.475 e. The van der Waals surface area contributed by atoms with Gasteiger partial charge in [-0.2, -0.15) is 4.98 Å². The van der Waals surface area contributed by atoms with Crippen LogP contribution in [0.15, 0.2) is 35.3 Å². The number of piperidine rings is 1. The van der Waals surface area contributed by atoms with Gasteiger partial charge in [0.25, 0.3) is 11.5 Å². The van der Waals surface area contributed by atoms with Crippen molar-refractivity contribution >= 4 is 45.9 Å². The van der Waals surface area contributed by atoms with Gasteiger partial charge in [0.05, 0.1) is 11.7 Å². The summed E-state index contributed by atoms with van der Waals surface area (Å²) in [6.45, 7) is 3.46. The summed E-state index contributed by atoms with van der Waals surface area (Å²) in [6.07, 6.45) is 4.29. The van der Waals surface area contributed by atoms with E-state index in [1.807, 2.05) is 18.2 Å². The largest absolute Gasteiger partial charge is 0.475 e. The van der Waals surface area contributed by atoms with Gasteiger partial charge in [0.2, 0.25) is 5.95 Å². The highest BCUT2D eigenvalue weighted by Crippen LogP contribution is 2.28. The molecule has 3 heterocycles. The highest BCUT2D eigenvalue weighted by atomic mass is 35.5. The SMILES string of the molecule is CNC(=O)[C@H](C)Oc1cc2cc(Nc3nc(N4CCCCC4)ncc3Cl)ccc2n(C)c1=O. The van der Waals surface area contributed by atoms with E-state index in [0.29, 0.717) is 16.8 Å². The minimum atomic E-state index is -0.797. The number of hydrogen-bond acceptors (Lipinski definition) is 7. The predicted octanol–water partition coefficient (Wildman–Crippen LogP) is 3.23. The summed E-state index contributed by atoms with van der Waals surface area (Å²) in [5.74, 6) is 0.964. The zero-order valence-electron chi connectivity index (χ0n) is 18.9. The van der Waals surface area contributed by atoms with Gasteiger partial charge in [0.1, 0.15) is 5.02 Å². The van der Waals surface area contributed by atoms with Crippen LogP contribution >= 0.6 is 11.6 Å². The van der Waals surface area contributed by atoms with E-state index >= 15 is 0 Å². The number of aryl methyl sites for hydroxylation is 1. The second-order valence-electron chi connectivity index (χ2n) is 8.06. The molecule has 1 atom stereocenters. The van der Waals surface area contributed by atoms with Crippen molar-refractivity contribution in [3.8, 4) is 5.75 Å². The third-order valence-electron chi connectivity index (χ3n) is 5.74. The number of aromatic nitrogens is 3. The predicted molar refractivity (Wildman–Crippen MR) is 130 cm³/mol. The fraction of sp³-hybridized carbons (Fsp3) is 0.391. The molecule has 2 N–H and O–H groups in total. The van der Waals surface area contributed by atoms with E-state index in [0.717, 1.165) is 42.5 Å². The number of nitrogens with zero attached hydrogens (tertiary/aromatic N) is 4. The highest BCUT2D eigenvalue weighted by Gasteiger charge is 2.18. The number of hydrogen-bond donors (Lipinski definition) is 2. The van der Waals surface area contributed by atoms with Gasteiger partial charge in [-0.15, -0.1) is 0 Å². The van der Waals surface area contributed by atoms with Crippen LogP contribution < -0.4 is 25.8 Å². The van der Waals surface area contributed by atoms with E-state index in [4.69, 9.17) is 16.3 Å². The van der Waals surface area contributed by atoms with Gasteiger partial charge in [0, 0.05) is 38.3 Å². The topological polar surface area (TPSA) is 101 Å². The molecular formula is C23H27ClN6O3. The van der Waals surface area contributed by atoms with Crippen LogP contribution in [0.25, 0.3) is 10.9 Å². The van der Waals surface area contributed by atoms with Gasteiger partial charge in [-0.05, 0) is 50.5 Å². The summed E-state index contributed by atoms with van der Waals surface area (Å²) in [5, 5.41) is 6.96. The van der Waals surface area contributed by atoms with Crippen molar-refractivity contribution in [2.24, 2.45) is 7.05 Å². The van der Waals surface area contributed by atoms with Crippen molar-refractivity contribution in [3.05, 3.63) is 45.8 Å². The number of likely N-dealkylation sites (N-methyl/N-ethyl adjacent to an activating group) is 1. The Labute approximate surface area is 196 Å². The van der Waals surface area contributed by atoms with Gasteiger partial charge in [-0.3, -0.25) is 9.59 Å². The lowest BCUT2D eigenvalue weighted by atomic mass is 10.1. The maximum atomic E-state index is 12.7. The number of carbonyl (C=O) groups is 1. The number of rotatable bonds is 6. The second-order valence-corrected chi connectivity index (χ2v) is 8.47. The number of anilines is 3. The average molecular weight is 471 g/mol. The Morgan fingerprint density at radius 1 is 1.21 bits per heavy atom. The molecule has 174 valence electrons. The lowest BCUT2D eigenvalue weighted by Crippen LogP contribution is -2.35. The van der Waals surface area contributed by atoms with Crippen molar-refractivity contribution in [2.75, 3.05) is 30.4 Å². The highest BCUT2D eigenvalue weighted by molar-refractivity contribution is 6.32. The van der Waals surface area contributed by atoms with Crippen LogP contribution in [0.5, 0.6) is 5.75 Å². The van der Waals surface area contributed by atoms with Crippen LogP contribution in [-0.2, 0) is 11.8 Å². The summed E-state index contributed by atoms with van der Waals surface area (Å²) in [7, 11) is 3.19. The molecule has 33 heavy (non-hydrogen) atoms. The van der Waals surface area contributed by atoms with E-state index in [-0.39, 0.29) is 17.2 Å². The zero-order chi connectivity index (χ0) is 23.5. The summed E-state index contributed by atoms with van der Waals surface area (Å²) in [4.78, 5) is 35.7. The molecule has 0 radical (unpaired) electrons. The minimum absolute atomic E-state index is 0.103. The molecule has 1 aliphatic heterocycles. The van der Waals surface area contributed by atoms with Gasteiger partial charge < -0.3 is 24.8 Å². The molecule has 1 aliphatic rings. The molecule has 0 aliphatic carbocycles. The number of amides is 1. The molecule has 0 saturated carbocycles. The summed E-state index contributed by atoms with van der Waals surface area (Å²) < 4.78 is 7.13. The average Bonchev–Trinajstić information content (AvgIpc) is 2.83. The van der Waals surface area contributed by atoms with E-state index in [1.165, 1.54) is 18.0 Å². The van der Waals surface area contributed by atoms with Crippen molar-refractivity contribution in [2.45, 2.75) is 32.3 Å². The maximum absolute atomic E-state index is 12.7. The molecule has 0 unspecified atom stereocenters. The number of fused-ring (bicyclic) bond motifs is 1. The molecule has 1 saturated heterocycles. The molecule has 0 bridgehead atoms. The van der Waals surface area contributed by atoms with Gasteiger partial charge in [-0.25, -0.2) is 4.98 Å². The Morgan fingerprint density at radius 3 is 2.70 bits per heavy atom. The van der Waals surface area contributed by atoms with E-state index in [2.05, 4.69) is 25.5 Å². The molecule has 0 spiro atoms. The van der Waals surface area contributed by atoms with Crippen molar-refractivity contribution < 1.29 is 9.53 Å². The third-order valence-corrected chi connectivity index (χ3v) is 6.02. The molecule has 4 rings (SSSR count). The number of ether oxygens (including phenoxy) is 1. The van der Waals surface area contributed by atoms with Crippen LogP contribution in [0.3, 0.4) is 0 Å². The van der Waals surface area contributed by atoms with Crippen LogP contribution in [0, 0.1) is 0 Å². The summed E-state index contributed by atoms with van der Waals surface area (Å²) in [5.41, 5.74) is 1.16. The van der Waals surface area contributed by atoms with Crippen molar-refractivity contribution in [1.82, 2.24) is 19.9 Å². The molecular weight excluding hydrogens is 444 g/mol. The molecule has 9 nitrogen and oxygen atoms in total. The van der Waals surface area contributed by atoms with Crippen molar-refractivity contribution in [1.29, 1.82) is 0 Å². The second kappa shape index (κ2) is 9.66. The Hall–Kier alpha value is -3.33. The smallest absolute Gasteiger partial charge is 0.293 e. The lowest BCUT2D eigenvalue weighted by Gasteiger charge is -2.26. The molecule has 1 amide bonds. The number of benzene rings is 1. The Morgan fingerprint density at radius 2 is 1.97 bits per heavy atom. The quantitative estimate of drug-likeness (QED) is 0.570. The normalized spacial score (nSPS) is 14.7. The number of carbonyl (C=O) groups excluding carboxylic acids is 1. The molecule has 1 aromatic carbocycles. The zero-order valence-corrected chi connectivity index (χ0v) is 19.6. The molecule has 2 aromatic heterocycles. The Bertz CT molecular complexity index is 1240. The number of halogens is 1. The fourth-order valence-corrected chi connectivity index (χ4v) is 4.03. The van der Waals surface area contributed by atoms with E-state index < -0.39 is 6.10 Å². The number of nitrogens with one attached hydrogen (secondary N) is 2. The first-order valence-electron chi connectivity index (χ1n) is 10.9. The molecule has 10 heteroatoms. The van der Waals surface area contributed by atoms with Gasteiger partial charge in [-0.1, -0.05) is 11.6 Å².